The molecule has 0 amide bonds. The van der Waals surface area contributed by atoms with Gasteiger partial charge in [0.2, 0.25) is 0 Å². The Kier molecular flexibility index (Phi) is 5.22. The van der Waals surface area contributed by atoms with Crippen LogP contribution >= 0.6 is 0 Å². The highest BCUT2D eigenvalue weighted by atomic mass is 16.3. The van der Waals surface area contributed by atoms with E-state index in [0.29, 0.717) is 12.0 Å². The van der Waals surface area contributed by atoms with Crippen LogP contribution in [0.4, 0.5) is 0 Å². The van der Waals surface area contributed by atoms with Gasteiger partial charge in [-0.05, 0) is 48.3 Å². The number of rotatable bonds is 5. The van der Waals surface area contributed by atoms with Crippen molar-refractivity contribution in [2.45, 2.75) is 71.6 Å². The lowest BCUT2D eigenvalue weighted by Crippen LogP contribution is -2.43. The molecule has 0 radical (unpaired) electrons. The summed E-state index contributed by atoms with van der Waals surface area (Å²) in [7, 11) is 0. The van der Waals surface area contributed by atoms with Crippen molar-refractivity contribution in [2.24, 2.45) is 5.92 Å². The first-order valence-electron chi connectivity index (χ1n) is 8.05. The topological polar surface area (TPSA) is 32.3 Å². The number of aliphatic hydroxyl groups is 1. The van der Waals surface area contributed by atoms with Gasteiger partial charge in [0, 0.05) is 12.1 Å². The number of nitrogens with one attached hydrogen (secondary N) is 1. The molecular formula is C18H29NO. The molecule has 2 N–H and O–H groups in total. The van der Waals surface area contributed by atoms with Gasteiger partial charge in [0.05, 0.1) is 6.10 Å². The molecule has 0 heterocycles. The zero-order valence-electron chi connectivity index (χ0n) is 13.3. The standard InChI is InChI=1S/C18H29NO/c1-12(2)17(19-13(3)4)18(20)16-10-9-14-7-5-6-8-15(14)11-16/h9-13,17-20H,5-8H2,1-4H3. The summed E-state index contributed by atoms with van der Waals surface area (Å²) in [6.45, 7) is 8.60. The number of aryl methyl sites for hydroxylation is 2. The SMILES string of the molecule is CC(C)NC(C(C)C)C(O)c1ccc2c(c1)CCCC2. The monoisotopic (exact) mass is 275 g/mol. The predicted octanol–water partition coefficient (Wildman–Crippen LogP) is 3.62. The Morgan fingerprint density at radius 3 is 2.25 bits per heavy atom. The number of hydrogen-bond donors (Lipinski definition) is 2. The fraction of sp³-hybridized carbons (Fsp3) is 0.667. The van der Waals surface area contributed by atoms with Gasteiger partial charge >= 0.3 is 0 Å². The minimum atomic E-state index is -0.426. The average Bonchev–Trinajstić information content (AvgIpc) is 2.43. The molecule has 112 valence electrons. The van der Waals surface area contributed by atoms with Crippen LogP contribution in [0, 0.1) is 5.92 Å². The predicted molar refractivity (Wildman–Crippen MR) is 84.9 cm³/mol. The smallest absolute Gasteiger partial charge is 0.0945 e. The van der Waals surface area contributed by atoms with E-state index < -0.39 is 6.10 Å². The van der Waals surface area contributed by atoms with Gasteiger partial charge < -0.3 is 10.4 Å². The summed E-state index contributed by atoms with van der Waals surface area (Å²) in [4.78, 5) is 0. The molecule has 1 aromatic rings. The number of benzene rings is 1. The highest BCUT2D eigenvalue weighted by molar-refractivity contribution is 5.35. The Labute approximate surface area is 123 Å². The Morgan fingerprint density at radius 2 is 1.65 bits per heavy atom. The summed E-state index contributed by atoms with van der Waals surface area (Å²) in [6.07, 6.45) is 4.52. The van der Waals surface area contributed by atoms with Crippen molar-refractivity contribution in [1.82, 2.24) is 5.32 Å². The van der Waals surface area contributed by atoms with Crippen LogP contribution in [0.15, 0.2) is 18.2 Å². The number of aliphatic hydroxyl groups excluding tert-OH is 1. The van der Waals surface area contributed by atoms with E-state index in [1.54, 1.807) is 0 Å². The maximum Gasteiger partial charge on any atom is 0.0945 e. The molecular weight excluding hydrogens is 246 g/mol. The third-order valence-corrected chi connectivity index (χ3v) is 4.30. The first-order chi connectivity index (χ1) is 9.49. The highest BCUT2D eigenvalue weighted by Gasteiger charge is 2.25. The lowest BCUT2D eigenvalue weighted by molar-refractivity contribution is 0.100. The van der Waals surface area contributed by atoms with Gasteiger partial charge in [-0.25, -0.2) is 0 Å². The molecule has 1 aliphatic rings. The Bertz CT molecular complexity index is 439. The van der Waals surface area contributed by atoms with E-state index in [1.165, 1.54) is 36.8 Å². The molecule has 2 unspecified atom stereocenters. The highest BCUT2D eigenvalue weighted by Crippen LogP contribution is 2.28. The summed E-state index contributed by atoms with van der Waals surface area (Å²) < 4.78 is 0. The van der Waals surface area contributed by atoms with Crippen molar-refractivity contribution < 1.29 is 5.11 Å². The fourth-order valence-electron chi connectivity index (χ4n) is 3.18. The second kappa shape index (κ2) is 6.73. The number of fused-ring (bicyclic) bond motifs is 1. The van der Waals surface area contributed by atoms with Gasteiger partial charge in [-0.1, -0.05) is 45.9 Å². The molecule has 0 aliphatic heterocycles. The first-order valence-corrected chi connectivity index (χ1v) is 8.05. The maximum absolute atomic E-state index is 10.7. The van der Waals surface area contributed by atoms with Gasteiger partial charge in [0.1, 0.15) is 0 Å². The zero-order chi connectivity index (χ0) is 14.7. The van der Waals surface area contributed by atoms with E-state index >= 15 is 0 Å². The van der Waals surface area contributed by atoms with Crippen LogP contribution in [0.5, 0.6) is 0 Å². The molecule has 0 aromatic heterocycles. The molecule has 1 aliphatic carbocycles. The van der Waals surface area contributed by atoms with Crippen LogP contribution < -0.4 is 5.32 Å². The maximum atomic E-state index is 10.7. The van der Waals surface area contributed by atoms with E-state index in [0.717, 1.165) is 5.56 Å². The van der Waals surface area contributed by atoms with Crippen LogP contribution in [-0.4, -0.2) is 17.2 Å². The Balaban J connectivity index is 2.20. The molecule has 0 spiro atoms. The lowest BCUT2D eigenvalue weighted by atomic mass is 9.87. The summed E-state index contributed by atoms with van der Waals surface area (Å²) in [5, 5.41) is 14.2. The molecule has 2 heteroatoms. The van der Waals surface area contributed by atoms with Gasteiger partial charge in [0.25, 0.3) is 0 Å². The minimum Gasteiger partial charge on any atom is -0.387 e. The van der Waals surface area contributed by atoms with Gasteiger partial charge in [-0.3, -0.25) is 0 Å². The van der Waals surface area contributed by atoms with Gasteiger partial charge in [-0.15, -0.1) is 0 Å². The van der Waals surface area contributed by atoms with Crippen LogP contribution in [-0.2, 0) is 12.8 Å². The molecule has 20 heavy (non-hydrogen) atoms. The Hall–Kier alpha value is -0.860. The van der Waals surface area contributed by atoms with Crippen LogP contribution in [0.25, 0.3) is 0 Å². The van der Waals surface area contributed by atoms with E-state index in [9.17, 15) is 5.11 Å². The van der Waals surface area contributed by atoms with Gasteiger partial charge in [-0.2, -0.15) is 0 Å². The van der Waals surface area contributed by atoms with Crippen molar-refractivity contribution in [3.63, 3.8) is 0 Å². The fourth-order valence-corrected chi connectivity index (χ4v) is 3.18. The molecule has 2 rings (SSSR count). The van der Waals surface area contributed by atoms with Crippen molar-refractivity contribution in [2.75, 3.05) is 0 Å². The summed E-state index contributed by atoms with van der Waals surface area (Å²) in [6, 6.07) is 7.06. The van der Waals surface area contributed by atoms with Crippen molar-refractivity contribution in [1.29, 1.82) is 0 Å². The second-order valence-corrected chi connectivity index (χ2v) is 6.77. The molecule has 0 bridgehead atoms. The van der Waals surface area contributed by atoms with E-state index in [1.807, 2.05) is 0 Å². The molecule has 0 fully saturated rings. The van der Waals surface area contributed by atoms with Crippen molar-refractivity contribution in [3.05, 3.63) is 34.9 Å². The summed E-state index contributed by atoms with van der Waals surface area (Å²) >= 11 is 0. The van der Waals surface area contributed by atoms with E-state index in [-0.39, 0.29) is 6.04 Å². The normalized spacial score (nSPS) is 18.1. The van der Waals surface area contributed by atoms with Crippen LogP contribution in [0.1, 0.15) is 63.3 Å². The largest absolute Gasteiger partial charge is 0.387 e. The molecule has 2 nitrogen and oxygen atoms in total. The van der Waals surface area contributed by atoms with Crippen molar-refractivity contribution in [3.8, 4) is 0 Å². The van der Waals surface area contributed by atoms with Crippen molar-refractivity contribution >= 4 is 0 Å². The van der Waals surface area contributed by atoms with Crippen LogP contribution in [0.2, 0.25) is 0 Å². The summed E-state index contributed by atoms with van der Waals surface area (Å²) in [5.74, 6) is 0.406. The van der Waals surface area contributed by atoms with E-state index in [2.05, 4.69) is 51.2 Å². The summed E-state index contributed by atoms with van der Waals surface area (Å²) in [5.41, 5.74) is 3.99. The quantitative estimate of drug-likeness (QED) is 0.860. The first kappa shape index (κ1) is 15.5. The third kappa shape index (κ3) is 3.62. The van der Waals surface area contributed by atoms with Gasteiger partial charge in [0.15, 0.2) is 0 Å². The lowest BCUT2D eigenvalue weighted by Gasteiger charge is -2.30. The van der Waals surface area contributed by atoms with E-state index in [4.69, 9.17) is 0 Å². The van der Waals surface area contributed by atoms with Crippen LogP contribution in [0.3, 0.4) is 0 Å². The average molecular weight is 275 g/mol. The third-order valence-electron chi connectivity index (χ3n) is 4.30. The zero-order valence-corrected chi connectivity index (χ0v) is 13.3. The molecule has 1 aromatic carbocycles. The molecule has 2 atom stereocenters. The molecule has 0 saturated heterocycles. The second-order valence-electron chi connectivity index (χ2n) is 6.77. The number of hydrogen-bond acceptors (Lipinski definition) is 2. The Morgan fingerprint density at radius 1 is 1.00 bits per heavy atom. The minimum absolute atomic E-state index is 0.108. The molecule has 0 saturated carbocycles.